The van der Waals surface area contributed by atoms with E-state index in [0.29, 0.717) is 10.9 Å². The van der Waals surface area contributed by atoms with Crippen molar-refractivity contribution in [2.24, 2.45) is 11.6 Å². The van der Waals surface area contributed by atoms with Gasteiger partial charge in [-0.15, -0.1) is 0 Å². The Morgan fingerprint density at radius 1 is 1.67 bits per heavy atom. The van der Waals surface area contributed by atoms with Crippen LogP contribution in [0.25, 0.3) is 0 Å². The van der Waals surface area contributed by atoms with Crippen molar-refractivity contribution in [3.8, 4) is 0 Å². The molecular formula is C4H7ClN4. The van der Waals surface area contributed by atoms with Gasteiger partial charge < -0.3 is 5.73 Å². The van der Waals surface area contributed by atoms with Crippen molar-refractivity contribution in [2.45, 2.75) is 0 Å². The van der Waals surface area contributed by atoms with Gasteiger partial charge in [0, 0.05) is 0 Å². The minimum absolute atomic E-state index is 0.435. The molecular weight excluding hydrogens is 140 g/mol. The number of hydrazine groups is 2. The zero-order chi connectivity index (χ0) is 6.85. The van der Waals surface area contributed by atoms with Gasteiger partial charge in [-0.3, -0.25) is 5.43 Å². The minimum Gasteiger partial charge on any atom is -0.384 e. The Balaban J connectivity index is 2.74. The largest absolute Gasteiger partial charge is 0.384 e. The van der Waals surface area contributed by atoms with E-state index >= 15 is 0 Å². The van der Waals surface area contributed by atoms with Crippen LogP contribution in [0.3, 0.4) is 0 Å². The summed E-state index contributed by atoms with van der Waals surface area (Å²) in [7, 11) is 0. The number of nitrogens with one attached hydrogen (secondary N) is 1. The zero-order valence-corrected chi connectivity index (χ0v) is 5.39. The summed E-state index contributed by atoms with van der Waals surface area (Å²) in [5, 5.41) is 1.70. The van der Waals surface area contributed by atoms with Crippen LogP contribution in [0.5, 0.6) is 0 Å². The Kier molecular flexibility index (Phi) is 1.50. The molecule has 4 nitrogen and oxygen atoms in total. The first-order chi connectivity index (χ1) is 4.18. The highest BCUT2D eigenvalue weighted by molar-refractivity contribution is 6.31. The van der Waals surface area contributed by atoms with Gasteiger partial charge in [-0.25, -0.2) is 11.0 Å². The molecule has 0 unspecified atom stereocenters. The van der Waals surface area contributed by atoms with Gasteiger partial charge in [-0.1, -0.05) is 11.6 Å². The first-order valence-electron chi connectivity index (χ1n) is 2.33. The lowest BCUT2D eigenvalue weighted by Gasteiger charge is -2.19. The molecule has 0 atom stereocenters. The second kappa shape index (κ2) is 2.16. The van der Waals surface area contributed by atoms with Crippen molar-refractivity contribution < 1.29 is 0 Å². The van der Waals surface area contributed by atoms with Crippen LogP contribution in [0.4, 0.5) is 0 Å². The quantitative estimate of drug-likeness (QED) is 0.406. The van der Waals surface area contributed by atoms with Crippen molar-refractivity contribution in [2.75, 3.05) is 0 Å². The second-order valence-corrected chi connectivity index (χ2v) is 2.07. The number of nitrogens with zero attached hydrogens (tertiary/aromatic N) is 1. The summed E-state index contributed by atoms with van der Waals surface area (Å²) in [6.45, 7) is 0. The van der Waals surface area contributed by atoms with Gasteiger partial charge in [0.2, 0.25) is 0 Å². The topological polar surface area (TPSA) is 67.3 Å². The van der Waals surface area contributed by atoms with Crippen LogP contribution >= 0.6 is 11.6 Å². The number of allylic oxidation sites excluding steroid dienone is 2. The predicted molar refractivity (Wildman–Crippen MR) is 35.4 cm³/mol. The number of hydrogen-bond acceptors (Lipinski definition) is 4. The maximum Gasteiger partial charge on any atom is 0.118 e. The van der Waals surface area contributed by atoms with Gasteiger partial charge in [0.25, 0.3) is 0 Å². The Labute approximate surface area is 57.7 Å². The summed E-state index contributed by atoms with van der Waals surface area (Å²) < 4.78 is 0. The van der Waals surface area contributed by atoms with E-state index in [1.54, 1.807) is 6.08 Å². The SMILES string of the molecule is NC1=CC(Cl)=CN(N)N1. The lowest BCUT2D eigenvalue weighted by atomic mass is 10.5. The van der Waals surface area contributed by atoms with Crippen LogP contribution in [0.1, 0.15) is 0 Å². The third-order valence-corrected chi connectivity index (χ3v) is 1.02. The summed E-state index contributed by atoms with van der Waals surface area (Å²) in [4.78, 5) is 0. The maximum atomic E-state index is 5.55. The van der Waals surface area contributed by atoms with Gasteiger partial charge in [0.05, 0.1) is 11.2 Å². The first kappa shape index (κ1) is 6.25. The van der Waals surface area contributed by atoms with E-state index in [2.05, 4.69) is 5.43 Å². The molecule has 0 radical (unpaired) electrons. The smallest absolute Gasteiger partial charge is 0.118 e. The summed E-state index contributed by atoms with van der Waals surface area (Å²) in [5.41, 5.74) is 7.92. The Hall–Kier alpha value is -0.870. The van der Waals surface area contributed by atoms with Crippen molar-refractivity contribution in [1.29, 1.82) is 0 Å². The molecule has 1 aliphatic rings. The van der Waals surface area contributed by atoms with E-state index in [9.17, 15) is 0 Å². The molecule has 0 saturated heterocycles. The van der Waals surface area contributed by atoms with Crippen LogP contribution in [0.2, 0.25) is 0 Å². The predicted octanol–water partition coefficient (Wildman–Crippen LogP) is -0.439. The molecule has 0 saturated carbocycles. The van der Waals surface area contributed by atoms with Gasteiger partial charge in [0.15, 0.2) is 0 Å². The number of halogens is 1. The van der Waals surface area contributed by atoms with Gasteiger partial charge >= 0.3 is 0 Å². The second-order valence-electron chi connectivity index (χ2n) is 1.63. The van der Waals surface area contributed by atoms with E-state index in [-0.39, 0.29) is 0 Å². The number of rotatable bonds is 0. The molecule has 5 N–H and O–H groups in total. The first-order valence-corrected chi connectivity index (χ1v) is 2.71. The fourth-order valence-corrected chi connectivity index (χ4v) is 0.755. The van der Waals surface area contributed by atoms with E-state index < -0.39 is 0 Å². The van der Waals surface area contributed by atoms with E-state index in [4.69, 9.17) is 23.2 Å². The van der Waals surface area contributed by atoms with Crippen molar-refractivity contribution >= 4 is 11.6 Å². The monoisotopic (exact) mass is 146 g/mol. The Bertz CT molecular complexity index is 173. The third kappa shape index (κ3) is 1.51. The van der Waals surface area contributed by atoms with E-state index in [1.165, 1.54) is 11.3 Å². The van der Waals surface area contributed by atoms with Gasteiger partial charge in [-0.2, -0.15) is 0 Å². The van der Waals surface area contributed by atoms with Crippen molar-refractivity contribution in [3.05, 3.63) is 23.1 Å². The normalized spacial score (nSPS) is 18.2. The van der Waals surface area contributed by atoms with Gasteiger partial charge in [0.1, 0.15) is 5.82 Å². The molecule has 1 heterocycles. The van der Waals surface area contributed by atoms with Crippen LogP contribution < -0.4 is 17.0 Å². The van der Waals surface area contributed by atoms with Crippen LogP contribution in [0.15, 0.2) is 23.1 Å². The molecule has 9 heavy (non-hydrogen) atoms. The molecule has 0 bridgehead atoms. The lowest BCUT2D eigenvalue weighted by Crippen LogP contribution is -2.42. The molecule has 0 aromatic carbocycles. The molecule has 0 amide bonds. The minimum atomic E-state index is 0.435. The van der Waals surface area contributed by atoms with Crippen molar-refractivity contribution in [3.63, 3.8) is 0 Å². The standard InChI is InChI=1S/C4H7ClN4/c5-3-1-4(6)8-9(7)2-3/h1-2,8H,6-7H2. The molecule has 0 aromatic heterocycles. The fourth-order valence-electron chi connectivity index (χ4n) is 0.532. The molecule has 1 rings (SSSR count). The average molecular weight is 147 g/mol. The van der Waals surface area contributed by atoms with Crippen LogP contribution in [-0.4, -0.2) is 5.12 Å². The molecule has 1 aliphatic heterocycles. The fraction of sp³-hybridized carbons (Fsp3) is 0. The average Bonchev–Trinajstić information content (AvgIpc) is 1.59. The molecule has 5 heteroatoms. The van der Waals surface area contributed by atoms with E-state index in [1.807, 2.05) is 0 Å². The van der Waals surface area contributed by atoms with Gasteiger partial charge in [-0.05, 0) is 6.08 Å². The van der Waals surface area contributed by atoms with E-state index in [0.717, 1.165) is 0 Å². The zero-order valence-electron chi connectivity index (χ0n) is 4.63. The molecule has 0 fully saturated rings. The molecule has 0 aliphatic carbocycles. The lowest BCUT2D eigenvalue weighted by molar-refractivity contribution is 0.307. The summed E-state index contributed by atoms with van der Waals surface area (Å²) in [5.74, 6) is 5.69. The summed E-state index contributed by atoms with van der Waals surface area (Å²) in [6.07, 6.45) is 3.09. The Morgan fingerprint density at radius 2 is 2.33 bits per heavy atom. The highest BCUT2D eigenvalue weighted by atomic mass is 35.5. The highest BCUT2D eigenvalue weighted by Gasteiger charge is 2.01. The number of hydrogen-bond donors (Lipinski definition) is 3. The van der Waals surface area contributed by atoms with Crippen LogP contribution in [-0.2, 0) is 0 Å². The Morgan fingerprint density at radius 3 is 2.78 bits per heavy atom. The maximum absolute atomic E-state index is 5.55. The summed E-state index contributed by atoms with van der Waals surface area (Å²) >= 11 is 5.55. The highest BCUT2D eigenvalue weighted by Crippen LogP contribution is 2.07. The molecule has 0 spiro atoms. The van der Waals surface area contributed by atoms with Crippen LogP contribution in [0, 0.1) is 0 Å². The summed E-state index contributed by atoms with van der Waals surface area (Å²) in [6, 6.07) is 0. The molecule has 0 aromatic rings. The van der Waals surface area contributed by atoms with Crippen molar-refractivity contribution in [1.82, 2.24) is 10.5 Å². The third-order valence-electron chi connectivity index (χ3n) is 0.814. The number of nitrogens with two attached hydrogens (primary N) is 2. The molecule has 50 valence electrons.